The maximum Gasteiger partial charge on any atom is 0.234 e. The number of ether oxygens (including phenoxy) is 1. The molecule has 2 N–H and O–H groups in total. The lowest BCUT2D eigenvalue weighted by Crippen LogP contribution is -2.56. The normalized spacial score (nSPS) is 21.4. The number of likely N-dealkylation sites (tertiary alicyclic amines) is 1. The topological polar surface area (TPSA) is 65.0 Å². The van der Waals surface area contributed by atoms with Crippen molar-refractivity contribution in [3.8, 4) is 0 Å². The second-order valence-electron chi connectivity index (χ2n) is 8.66. The van der Waals surface area contributed by atoms with Crippen LogP contribution < -0.4 is 5.32 Å². The first-order chi connectivity index (χ1) is 13.5. The van der Waals surface area contributed by atoms with Crippen molar-refractivity contribution in [2.45, 2.75) is 38.3 Å². The predicted molar refractivity (Wildman–Crippen MR) is 110 cm³/mol. The number of carbonyl (C=O) groups is 1. The molecule has 0 radical (unpaired) electrons. The molecule has 0 spiro atoms. The summed E-state index contributed by atoms with van der Waals surface area (Å²) < 4.78 is 5.42. The minimum atomic E-state index is -0.411. The summed E-state index contributed by atoms with van der Waals surface area (Å²) in [7, 11) is 0. The maximum absolute atomic E-state index is 12.4. The van der Waals surface area contributed by atoms with Gasteiger partial charge in [-0.2, -0.15) is 0 Å². The summed E-state index contributed by atoms with van der Waals surface area (Å²) in [5.74, 6) is 0.352. The molecule has 1 unspecified atom stereocenters. The van der Waals surface area contributed by atoms with Crippen LogP contribution in [0.3, 0.4) is 0 Å². The van der Waals surface area contributed by atoms with Gasteiger partial charge in [0.1, 0.15) is 0 Å². The molecule has 6 heteroatoms. The Hall–Kier alpha value is -1.47. The van der Waals surface area contributed by atoms with Gasteiger partial charge in [-0.15, -0.1) is 0 Å². The average Bonchev–Trinajstić information content (AvgIpc) is 2.74. The van der Waals surface area contributed by atoms with Crippen LogP contribution >= 0.6 is 0 Å². The van der Waals surface area contributed by atoms with Crippen molar-refractivity contribution in [2.24, 2.45) is 5.92 Å². The van der Waals surface area contributed by atoms with Gasteiger partial charge < -0.3 is 15.2 Å². The number of amides is 1. The number of hydrogen-bond donors (Lipinski definition) is 2. The number of hydrogen-bond acceptors (Lipinski definition) is 5. The van der Waals surface area contributed by atoms with E-state index in [1.807, 2.05) is 30.3 Å². The molecule has 1 aromatic carbocycles. The fourth-order valence-corrected chi connectivity index (χ4v) is 4.20. The Balaban J connectivity index is 1.39. The van der Waals surface area contributed by atoms with Crippen LogP contribution in [0.2, 0.25) is 0 Å². The van der Waals surface area contributed by atoms with Crippen molar-refractivity contribution in [2.75, 3.05) is 52.5 Å². The monoisotopic (exact) mass is 389 g/mol. The van der Waals surface area contributed by atoms with Gasteiger partial charge in [-0.1, -0.05) is 30.3 Å². The second-order valence-corrected chi connectivity index (χ2v) is 8.66. The third kappa shape index (κ3) is 5.77. The summed E-state index contributed by atoms with van der Waals surface area (Å²) in [5.41, 5.74) is 0.927. The molecule has 0 bridgehead atoms. The van der Waals surface area contributed by atoms with Crippen molar-refractivity contribution in [3.63, 3.8) is 0 Å². The van der Waals surface area contributed by atoms with E-state index in [1.54, 1.807) is 0 Å². The molecule has 1 atom stereocenters. The van der Waals surface area contributed by atoms with Crippen LogP contribution in [0.15, 0.2) is 30.3 Å². The SMILES string of the molecule is CC(C)(CNC(=O)CN1CCC(C(O)c2ccccc2)CC1)N1CCOCC1. The van der Waals surface area contributed by atoms with Crippen molar-refractivity contribution in [1.82, 2.24) is 15.1 Å². The molecule has 1 amide bonds. The fourth-order valence-electron chi connectivity index (χ4n) is 4.20. The molecular weight excluding hydrogens is 354 g/mol. The minimum absolute atomic E-state index is 0.0633. The molecular formula is C22H35N3O3. The van der Waals surface area contributed by atoms with E-state index in [2.05, 4.69) is 29.0 Å². The van der Waals surface area contributed by atoms with Crippen molar-refractivity contribution in [1.29, 1.82) is 0 Å². The maximum atomic E-state index is 12.4. The van der Waals surface area contributed by atoms with Crippen LogP contribution in [0.1, 0.15) is 38.4 Å². The number of aliphatic hydroxyl groups is 1. The molecule has 0 saturated carbocycles. The second kappa shape index (κ2) is 9.83. The van der Waals surface area contributed by atoms with E-state index in [-0.39, 0.29) is 17.4 Å². The highest BCUT2D eigenvalue weighted by molar-refractivity contribution is 5.78. The smallest absolute Gasteiger partial charge is 0.234 e. The first-order valence-electron chi connectivity index (χ1n) is 10.5. The zero-order valence-corrected chi connectivity index (χ0v) is 17.3. The van der Waals surface area contributed by atoms with Crippen LogP contribution in [-0.2, 0) is 9.53 Å². The van der Waals surface area contributed by atoms with Gasteiger partial charge in [-0.3, -0.25) is 14.6 Å². The lowest BCUT2D eigenvalue weighted by Gasteiger charge is -2.41. The number of carbonyl (C=O) groups excluding carboxylic acids is 1. The van der Waals surface area contributed by atoms with Crippen LogP contribution in [0.5, 0.6) is 0 Å². The first kappa shape index (κ1) is 21.2. The highest BCUT2D eigenvalue weighted by Gasteiger charge is 2.30. The largest absolute Gasteiger partial charge is 0.388 e. The molecule has 1 aromatic rings. The van der Waals surface area contributed by atoms with Crippen LogP contribution in [0, 0.1) is 5.92 Å². The summed E-state index contributed by atoms with van der Waals surface area (Å²) in [4.78, 5) is 17.0. The number of morpholine rings is 1. The quantitative estimate of drug-likeness (QED) is 0.743. The number of nitrogens with one attached hydrogen (secondary N) is 1. The predicted octanol–water partition coefficient (Wildman–Crippen LogP) is 1.66. The van der Waals surface area contributed by atoms with Gasteiger partial charge >= 0.3 is 0 Å². The molecule has 6 nitrogen and oxygen atoms in total. The van der Waals surface area contributed by atoms with E-state index in [4.69, 9.17) is 4.74 Å². The highest BCUT2D eigenvalue weighted by atomic mass is 16.5. The Morgan fingerprint density at radius 2 is 1.82 bits per heavy atom. The molecule has 28 heavy (non-hydrogen) atoms. The number of benzene rings is 1. The van der Waals surface area contributed by atoms with Gasteiger partial charge in [-0.05, 0) is 51.3 Å². The number of piperidine rings is 1. The van der Waals surface area contributed by atoms with Crippen LogP contribution in [0.25, 0.3) is 0 Å². The number of aliphatic hydroxyl groups excluding tert-OH is 1. The van der Waals surface area contributed by atoms with Gasteiger partial charge in [0, 0.05) is 25.2 Å². The highest BCUT2D eigenvalue weighted by Crippen LogP contribution is 2.30. The summed E-state index contributed by atoms with van der Waals surface area (Å²) in [5, 5.41) is 13.7. The van der Waals surface area contributed by atoms with Gasteiger partial charge in [0.15, 0.2) is 0 Å². The minimum Gasteiger partial charge on any atom is -0.388 e. The molecule has 2 fully saturated rings. The average molecular weight is 390 g/mol. The van der Waals surface area contributed by atoms with E-state index < -0.39 is 6.10 Å². The van der Waals surface area contributed by atoms with Crippen molar-refractivity contribution >= 4 is 5.91 Å². The van der Waals surface area contributed by atoms with E-state index >= 15 is 0 Å². The molecule has 2 aliphatic heterocycles. The Morgan fingerprint density at radius 3 is 2.46 bits per heavy atom. The number of nitrogens with zero attached hydrogens (tertiary/aromatic N) is 2. The summed E-state index contributed by atoms with van der Waals surface area (Å²) in [6.07, 6.45) is 1.43. The summed E-state index contributed by atoms with van der Waals surface area (Å²) >= 11 is 0. The molecule has 2 saturated heterocycles. The third-order valence-electron chi connectivity index (χ3n) is 6.17. The molecule has 156 valence electrons. The van der Waals surface area contributed by atoms with E-state index in [0.29, 0.717) is 13.1 Å². The lowest BCUT2D eigenvalue weighted by molar-refractivity contribution is -0.123. The van der Waals surface area contributed by atoms with Crippen molar-refractivity contribution in [3.05, 3.63) is 35.9 Å². The van der Waals surface area contributed by atoms with Gasteiger partial charge in [0.25, 0.3) is 0 Å². The van der Waals surface area contributed by atoms with Crippen LogP contribution in [-0.4, -0.2) is 78.8 Å². The standard InChI is InChI=1S/C22H35N3O3/c1-22(2,25-12-14-28-15-13-25)17-23-20(26)16-24-10-8-19(9-11-24)21(27)18-6-4-3-5-7-18/h3-7,19,21,27H,8-17H2,1-2H3,(H,23,26). The molecule has 0 aliphatic carbocycles. The van der Waals surface area contributed by atoms with E-state index in [9.17, 15) is 9.90 Å². The Kier molecular flexibility index (Phi) is 7.46. The summed E-state index contributed by atoms with van der Waals surface area (Å²) in [6.45, 7) is 10.5. The Labute approximate surface area is 168 Å². The Bertz CT molecular complexity index is 609. The van der Waals surface area contributed by atoms with E-state index in [0.717, 1.165) is 57.8 Å². The number of rotatable bonds is 7. The molecule has 3 rings (SSSR count). The third-order valence-corrected chi connectivity index (χ3v) is 6.17. The van der Waals surface area contributed by atoms with Gasteiger partial charge in [0.05, 0.1) is 25.9 Å². The van der Waals surface area contributed by atoms with E-state index in [1.165, 1.54) is 0 Å². The fraction of sp³-hybridized carbons (Fsp3) is 0.682. The van der Waals surface area contributed by atoms with Gasteiger partial charge in [-0.25, -0.2) is 0 Å². The first-order valence-corrected chi connectivity index (χ1v) is 10.5. The zero-order valence-electron chi connectivity index (χ0n) is 17.3. The van der Waals surface area contributed by atoms with Gasteiger partial charge in [0.2, 0.25) is 5.91 Å². The molecule has 0 aromatic heterocycles. The van der Waals surface area contributed by atoms with Crippen molar-refractivity contribution < 1.29 is 14.6 Å². The zero-order chi connectivity index (χ0) is 20.0. The van der Waals surface area contributed by atoms with Crippen LogP contribution in [0.4, 0.5) is 0 Å². The molecule has 2 aliphatic rings. The molecule has 2 heterocycles. The Morgan fingerprint density at radius 1 is 1.18 bits per heavy atom. The summed E-state index contributed by atoms with van der Waals surface area (Å²) in [6, 6.07) is 9.88. The lowest BCUT2D eigenvalue weighted by atomic mass is 9.87.